The fraction of sp³-hybridized carbons (Fsp3) is 0.200. The quantitative estimate of drug-likeness (QED) is 0.832. The van der Waals surface area contributed by atoms with Gasteiger partial charge in [-0.15, -0.1) is 23.1 Å². The van der Waals surface area contributed by atoms with Gasteiger partial charge >= 0.3 is 0 Å². The Morgan fingerprint density at radius 3 is 2.71 bits per heavy atom. The number of carbonyl (C=O) groups excluding carboxylic acids is 2. The molecular weight excluding hydrogens is 304 g/mol. The van der Waals surface area contributed by atoms with E-state index in [1.54, 1.807) is 30.8 Å². The molecule has 2 aromatic rings. The highest BCUT2D eigenvalue weighted by Crippen LogP contribution is 2.19. The van der Waals surface area contributed by atoms with E-state index < -0.39 is 6.04 Å². The molecule has 110 valence electrons. The van der Waals surface area contributed by atoms with Gasteiger partial charge in [0.1, 0.15) is 6.04 Å². The molecule has 0 spiro atoms. The number of thiophene rings is 1. The Bertz CT molecular complexity index is 626. The molecule has 2 N–H and O–H groups in total. The van der Waals surface area contributed by atoms with Gasteiger partial charge < -0.3 is 10.6 Å². The molecule has 21 heavy (non-hydrogen) atoms. The first-order valence-electron chi connectivity index (χ1n) is 6.39. The lowest BCUT2D eigenvalue weighted by atomic mass is 10.2. The second-order valence-electron chi connectivity index (χ2n) is 4.39. The molecule has 1 heterocycles. The lowest BCUT2D eigenvalue weighted by Crippen LogP contribution is -2.41. The Labute approximate surface area is 131 Å². The number of benzene rings is 1. The molecule has 2 rings (SSSR count). The SMILES string of the molecule is CSc1cccc(NC(=O)C(C)NC(=O)c2cccs2)c1. The van der Waals surface area contributed by atoms with Gasteiger partial charge in [-0.25, -0.2) is 0 Å². The van der Waals surface area contributed by atoms with Gasteiger partial charge in [0.2, 0.25) is 5.91 Å². The van der Waals surface area contributed by atoms with E-state index in [1.165, 1.54) is 11.3 Å². The highest BCUT2D eigenvalue weighted by atomic mass is 32.2. The fourth-order valence-corrected chi connectivity index (χ4v) is 2.78. The Morgan fingerprint density at radius 2 is 2.05 bits per heavy atom. The Hall–Kier alpha value is -1.79. The van der Waals surface area contributed by atoms with Crippen molar-refractivity contribution in [2.45, 2.75) is 17.9 Å². The van der Waals surface area contributed by atoms with Crippen LogP contribution < -0.4 is 10.6 Å². The van der Waals surface area contributed by atoms with Crippen molar-refractivity contribution in [2.75, 3.05) is 11.6 Å². The van der Waals surface area contributed by atoms with Crippen molar-refractivity contribution >= 4 is 40.6 Å². The molecule has 0 saturated carbocycles. The summed E-state index contributed by atoms with van der Waals surface area (Å²) < 4.78 is 0. The minimum absolute atomic E-state index is 0.231. The maximum Gasteiger partial charge on any atom is 0.261 e. The van der Waals surface area contributed by atoms with Gasteiger partial charge in [-0.1, -0.05) is 12.1 Å². The van der Waals surface area contributed by atoms with Crippen LogP contribution in [0.2, 0.25) is 0 Å². The van der Waals surface area contributed by atoms with Gasteiger partial charge in [-0.2, -0.15) is 0 Å². The van der Waals surface area contributed by atoms with Crippen LogP contribution in [-0.2, 0) is 4.79 Å². The third-order valence-electron chi connectivity index (χ3n) is 2.82. The van der Waals surface area contributed by atoms with Gasteiger partial charge in [0, 0.05) is 10.6 Å². The first kappa shape index (κ1) is 15.6. The Kier molecular flexibility index (Phi) is 5.41. The molecule has 0 aliphatic rings. The first-order chi connectivity index (χ1) is 10.1. The van der Waals surface area contributed by atoms with Crippen LogP contribution in [0.5, 0.6) is 0 Å². The third-order valence-corrected chi connectivity index (χ3v) is 4.42. The van der Waals surface area contributed by atoms with Crippen molar-refractivity contribution in [2.24, 2.45) is 0 Å². The van der Waals surface area contributed by atoms with Crippen molar-refractivity contribution in [3.63, 3.8) is 0 Å². The Balaban J connectivity index is 1.94. The number of rotatable bonds is 5. The second kappa shape index (κ2) is 7.28. The van der Waals surface area contributed by atoms with Crippen LogP contribution in [0.1, 0.15) is 16.6 Å². The van der Waals surface area contributed by atoms with E-state index in [0.29, 0.717) is 4.88 Å². The zero-order valence-electron chi connectivity index (χ0n) is 11.8. The predicted octanol–water partition coefficient (Wildman–Crippen LogP) is 3.23. The largest absolute Gasteiger partial charge is 0.340 e. The number of hydrogen-bond donors (Lipinski definition) is 2. The first-order valence-corrected chi connectivity index (χ1v) is 8.50. The fourth-order valence-electron chi connectivity index (χ4n) is 1.69. The monoisotopic (exact) mass is 320 g/mol. The maximum absolute atomic E-state index is 12.1. The van der Waals surface area contributed by atoms with Gasteiger partial charge in [-0.05, 0) is 42.8 Å². The van der Waals surface area contributed by atoms with Crippen LogP contribution in [-0.4, -0.2) is 24.1 Å². The van der Waals surface area contributed by atoms with Crippen LogP contribution in [0.3, 0.4) is 0 Å². The van der Waals surface area contributed by atoms with E-state index in [-0.39, 0.29) is 11.8 Å². The summed E-state index contributed by atoms with van der Waals surface area (Å²) in [4.78, 5) is 25.6. The van der Waals surface area contributed by atoms with E-state index in [0.717, 1.165) is 10.6 Å². The van der Waals surface area contributed by atoms with Gasteiger partial charge in [0.15, 0.2) is 0 Å². The summed E-state index contributed by atoms with van der Waals surface area (Å²) in [6, 6.07) is 10.5. The molecule has 1 aromatic carbocycles. The minimum atomic E-state index is -0.600. The zero-order valence-corrected chi connectivity index (χ0v) is 13.4. The van der Waals surface area contributed by atoms with Crippen LogP contribution in [0.25, 0.3) is 0 Å². The summed E-state index contributed by atoms with van der Waals surface area (Å²) in [6.07, 6.45) is 1.98. The summed E-state index contributed by atoms with van der Waals surface area (Å²) >= 11 is 2.95. The lowest BCUT2D eigenvalue weighted by Gasteiger charge is -2.14. The van der Waals surface area contributed by atoms with Gasteiger partial charge in [0.25, 0.3) is 5.91 Å². The van der Waals surface area contributed by atoms with E-state index >= 15 is 0 Å². The van der Waals surface area contributed by atoms with Crippen LogP contribution >= 0.6 is 23.1 Å². The van der Waals surface area contributed by atoms with E-state index in [2.05, 4.69) is 10.6 Å². The molecule has 2 amide bonds. The summed E-state index contributed by atoms with van der Waals surface area (Å²) in [5.41, 5.74) is 0.726. The molecule has 1 aromatic heterocycles. The second-order valence-corrected chi connectivity index (χ2v) is 6.22. The highest BCUT2D eigenvalue weighted by molar-refractivity contribution is 7.98. The number of nitrogens with one attached hydrogen (secondary N) is 2. The van der Waals surface area contributed by atoms with Crippen LogP contribution in [0.15, 0.2) is 46.7 Å². The number of hydrogen-bond acceptors (Lipinski definition) is 4. The molecule has 0 aliphatic carbocycles. The van der Waals surface area contributed by atoms with Crippen LogP contribution in [0, 0.1) is 0 Å². The molecule has 0 aliphatic heterocycles. The lowest BCUT2D eigenvalue weighted by molar-refractivity contribution is -0.117. The molecule has 0 bridgehead atoms. The molecule has 0 fully saturated rings. The average molecular weight is 320 g/mol. The molecule has 0 radical (unpaired) electrons. The van der Waals surface area contributed by atoms with Crippen molar-refractivity contribution in [1.82, 2.24) is 5.32 Å². The third kappa shape index (κ3) is 4.34. The van der Waals surface area contributed by atoms with Crippen molar-refractivity contribution in [3.05, 3.63) is 46.7 Å². The van der Waals surface area contributed by atoms with E-state index in [1.807, 2.05) is 35.9 Å². The molecule has 4 nitrogen and oxygen atoms in total. The summed E-state index contributed by atoms with van der Waals surface area (Å²) in [5.74, 6) is -0.469. The minimum Gasteiger partial charge on any atom is -0.340 e. The molecule has 1 unspecified atom stereocenters. The van der Waals surface area contributed by atoms with E-state index in [9.17, 15) is 9.59 Å². The number of carbonyl (C=O) groups is 2. The molecule has 6 heteroatoms. The highest BCUT2D eigenvalue weighted by Gasteiger charge is 2.17. The number of anilines is 1. The Morgan fingerprint density at radius 1 is 1.24 bits per heavy atom. The predicted molar refractivity (Wildman–Crippen MR) is 88.1 cm³/mol. The van der Waals surface area contributed by atoms with Crippen molar-refractivity contribution < 1.29 is 9.59 Å². The smallest absolute Gasteiger partial charge is 0.261 e. The summed E-state index contributed by atoms with van der Waals surface area (Å²) in [7, 11) is 0. The molecule has 0 saturated heterocycles. The van der Waals surface area contributed by atoms with Gasteiger partial charge in [-0.3, -0.25) is 9.59 Å². The van der Waals surface area contributed by atoms with Crippen molar-refractivity contribution in [3.8, 4) is 0 Å². The normalized spacial score (nSPS) is 11.7. The molecular formula is C15H16N2O2S2. The van der Waals surface area contributed by atoms with Gasteiger partial charge in [0.05, 0.1) is 4.88 Å². The maximum atomic E-state index is 12.1. The van der Waals surface area contributed by atoms with E-state index in [4.69, 9.17) is 0 Å². The standard InChI is InChI=1S/C15H16N2O2S2/c1-10(16-15(19)13-7-4-8-21-13)14(18)17-11-5-3-6-12(9-11)20-2/h3-10H,1-2H3,(H,16,19)(H,17,18). The average Bonchev–Trinajstić information content (AvgIpc) is 3.01. The number of amides is 2. The summed E-state index contributed by atoms with van der Waals surface area (Å²) in [5, 5.41) is 7.32. The van der Waals surface area contributed by atoms with Crippen LogP contribution in [0.4, 0.5) is 5.69 Å². The van der Waals surface area contributed by atoms with Crippen molar-refractivity contribution in [1.29, 1.82) is 0 Å². The zero-order chi connectivity index (χ0) is 15.2. The summed E-state index contributed by atoms with van der Waals surface area (Å²) in [6.45, 7) is 1.67. The topological polar surface area (TPSA) is 58.2 Å². The number of thioether (sulfide) groups is 1. The molecule has 1 atom stereocenters.